The van der Waals surface area contributed by atoms with Crippen LogP contribution < -0.4 is 4.72 Å². The molecular weight excluding hydrogens is 330 g/mol. The third-order valence-electron chi connectivity index (χ3n) is 4.40. The van der Waals surface area contributed by atoms with E-state index >= 15 is 0 Å². The molecule has 0 aromatic carbocycles. The van der Waals surface area contributed by atoms with Crippen LogP contribution in [0.2, 0.25) is 0 Å². The number of nitrogens with zero attached hydrogens (tertiary/aromatic N) is 4. The second-order valence-electron chi connectivity index (χ2n) is 6.18. The van der Waals surface area contributed by atoms with Crippen LogP contribution in [0.15, 0.2) is 12.5 Å². The molecular formula is C15H27N5O3S. The Morgan fingerprint density at radius 3 is 2.83 bits per heavy atom. The summed E-state index contributed by atoms with van der Waals surface area (Å²) in [5.74, 6) is -0.0190. The molecule has 8 nitrogen and oxygen atoms in total. The molecule has 1 atom stereocenters. The van der Waals surface area contributed by atoms with Gasteiger partial charge in [0.2, 0.25) is 0 Å². The van der Waals surface area contributed by atoms with Crippen LogP contribution in [0.5, 0.6) is 0 Å². The first-order chi connectivity index (χ1) is 11.4. The van der Waals surface area contributed by atoms with Crippen LogP contribution in [0.4, 0.5) is 0 Å². The van der Waals surface area contributed by atoms with Gasteiger partial charge in [-0.2, -0.15) is 12.7 Å². The molecule has 0 radical (unpaired) electrons. The number of nitrogens with one attached hydrogen (secondary N) is 1. The molecule has 1 amide bonds. The van der Waals surface area contributed by atoms with Crippen molar-refractivity contribution in [2.45, 2.75) is 45.2 Å². The fraction of sp³-hybridized carbons (Fsp3) is 0.733. The molecule has 24 heavy (non-hydrogen) atoms. The Morgan fingerprint density at radius 1 is 1.42 bits per heavy atom. The van der Waals surface area contributed by atoms with Crippen LogP contribution in [-0.4, -0.2) is 66.3 Å². The van der Waals surface area contributed by atoms with Crippen LogP contribution in [0, 0.1) is 0 Å². The number of hydrogen-bond acceptors (Lipinski definition) is 4. The van der Waals surface area contributed by atoms with Crippen LogP contribution in [0.25, 0.3) is 0 Å². The molecule has 9 heteroatoms. The Kier molecular flexibility index (Phi) is 6.36. The van der Waals surface area contributed by atoms with Crippen molar-refractivity contribution in [3.63, 3.8) is 0 Å². The molecule has 1 saturated heterocycles. The molecule has 0 spiro atoms. The number of carbonyl (C=O) groups excluding carboxylic acids is 1. The van der Waals surface area contributed by atoms with Crippen LogP contribution >= 0.6 is 0 Å². The highest BCUT2D eigenvalue weighted by Gasteiger charge is 2.29. The van der Waals surface area contributed by atoms with Gasteiger partial charge in [0.1, 0.15) is 5.69 Å². The van der Waals surface area contributed by atoms with Crippen molar-refractivity contribution in [2.24, 2.45) is 0 Å². The Labute approximate surface area is 144 Å². The van der Waals surface area contributed by atoms with Gasteiger partial charge >= 0.3 is 0 Å². The smallest absolute Gasteiger partial charge is 0.278 e. The summed E-state index contributed by atoms with van der Waals surface area (Å²) in [6.07, 6.45) is 6.81. The highest BCUT2D eigenvalue weighted by molar-refractivity contribution is 7.87. The van der Waals surface area contributed by atoms with Crippen molar-refractivity contribution in [3.8, 4) is 0 Å². The van der Waals surface area contributed by atoms with E-state index in [4.69, 9.17) is 0 Å². The first-order valence-electron chi connectivity index (χ1n) is 8.35. The third-order valence-corrected chi connectivity index (χ3v) is 5.93. The topological polar surface area (TPSA) is 87.5 Å². The first-order valence-corrected chi connectivity index (χ1v) is 9.79. The Morgan fingerprint density at radius 2 is 2.17 bits per heavy atom. The summed E-state index contributed by atoms with van der Waals surface area (Å²) >= 11 is 0. The molecule has 1 aliphatic rings. The molecule has 1 aliphatic heterocycles. The molecule has 0 aliphatic carbocycles. The van der Waals surface area contributed by atoms with Gasteiger partial charge in [0.15, 0.2) is 0 Å². The molecule has 1 aromatic heterocycles. The second-order valence-corrected chi connectivity index (χ2v) is 8.15. The summed E-state index contributed by atoms with van der Waals surface area (Å²) in [7, 11) is -0.443. The maximum atomic E-state index is 12.8. The summed E-state index contributed by atoms with van der Waals surface area (Å²) in [4.78, 5) is 18.8. The minimum atomic E-state index is -3.42. The molecule has 0 saturated carbocycles. The van der Waals surface area contributed by atoms with Crippen molar-refractivity contribution in [2.75, 3.05) is 27.2 Å². The summed E-state index contributed by atoms with van der Waals surface area (Å²) in [6.45, 7) is 3.70. The van der Waals surface area contributed by atoms with Gasteiger partial charge in [0.05, 0.1) is 12.5 Å². The third kappa shape index (κ3) is 4.34. The average Bonchev–Trinajstić information content (AvgIpc) is 3.03. The van der Waals surface area contributed by atoms with E-state index < -0.39 is 10.2 Å². The molecule has 1 aromatic rings. The van der Waals surface area contributed by atoms with Crippen LogP contribution in [0.1, 0.15) is 43.1 Å². The minimum Gasteiger partial charge on any atom is -0.334 e. The summed E-state index contributed by atoms with van der Waals surface area (Å²) in [6, 6.07) is 0.0521. The lowest BCUT2D eigenvalue weighted by molar-refractivity contribution is 0.0593. The quantitative estimate of drug-likeness (QED) is 0.777. The normalized spacial score (nSPS) is 19.0. The number of imidazole rings is 1. The summed E-state index contributed by atoms with van der Waals surface area (Å²) in [5, 5.41) is 0. The summed E-state index contributed by atoms with van der Waals surface area (Å²) < 4.78 is 29.1. The molecule has 1 N–H and O–H groups in total. The first kappa shape index (κ1) is 18.9. The van der Waals surface area contributed by atoms with E-state index in [-0.39, 0.29) is 11.9 Å². The van der Waals surface area contributed by atoms with Gasteiger partial charge < -0.3 is 9.47 Å². The predicted molar refractivity (Wildman–Crippen MR) is 91.8 cm³/mol. The maximum absolute atomic E-state index is 12.8. The zero-order chi connectivity index (χ0) is 17.7. The SMILES string of the molecule is CCn1cncc1C(=O)N1CCCCC1CCNS(=O)(=O)N(C)C. The van der Waals surface area contributed by atoms with Gasteiger partial charge in [0.25, 0.3) is 16.1 Å². The van der Waals surface area contributed by atoms with Gasteiger partial charge in [0, 0.05) is 39.8 Å². The number of rotatable bonds is 7. The van der Waals surface area contributed by atoms with Crippen LogP contribution in [-0.2, 0) is 16.8 Å². The number of amides is 1. The van der Waals surface area contributed by atoms with Gasteiger partial charge in [-0.3, -0.25) is 4.79 Å². The fourth-order valence-electron chi connectivity index (χ4n) is 2.95. The van der Waals surface area contributed by atoms with Crippen LogP contribution in [0.3, 0.4) is 0 Å². The molecule has 0 bridgehead atoms. The van der Waals surface area contributed by atoms with Crippen molar-refractivity contribution in [1.82, 2.24) is 23.5 Å². The lowest BCUT2D eigenvalue weighted by Gasteiger charge is -2.36. The van der Waals surface area contributed by atoms with Gasteiger partial charge in [-0.15, -0.1) is 0 Å². The van der Waals surface area contributed by atoms with E-state index in [9.17, 15) is 13.2 Å². The van der Waals surface area contributed by atoms with Crippen molar-refractivity contribution < 1.29 is 13.2 Å². The van der Waals surface area contributed by atoms with Gasteiger partial charge in [-0.05, 0) is 32.6 Å². The Bertz CT molecular complexity index is 656. The monoisotopic (exact) mass is 357 g/mol. The molecule has 1 unspecified atom stereocenters. The van der Waals surface area contributed by atoms with Crippen molar-refractivity contribution in [1.29, 1.82) is 0 Å². The van der Waals surface area contributed by atoms with E-state index in [2.05, 4.69) is 9.71 Å². The average molecular weight is 357 g/mol. The molecule has 1 fully saturated rings. The van der Waals surface area contributed by atoms with Gasteiger partial charge in [-0.25, -0.2) is 9.71 Å². The lowest BCUT2D eigenvalue weighted by Crippen LogP contribution is -2.46. The van der Waals surface area contributed by atoms with E-state index in [1.807, 2.05) is 16.4 Å². The van der Waals surface area contributed by atoms with E-state index in [1.165, 1.54) is 14.1 Å². The maximum Gasteiger partial charge on any atom is 0.278 e. The number of aromatic nitrogens is 2. The molecule has 136 valence electrons. The summed E-state index contributed by atoms with van der Waals surface area (Å²) in [5.41, 5.74) is 0.596. The zero-order valence-corrected chi connectivity index (χ0v) is 15.4. The number of piperidine rings is 1. The number of carbonyl (C=O) groups is 1. The number of likely N-dealkylation sites (tertiary alicyclic amines) is 1. The molecule has 2 heterocycles. The highest BCUT2D eigenvalue weighted by atomic mass is 32.2. The lowest BCUT2D eigenvalue weighted by atomic mass is 9.99. The highest BCUT2D eigenvalue weighted by Crippen LogP contribution is 2.22. The van der Waals surface area contributed by atoms with E-state index in [1.54, 1.807) is 12.5 Å². The van der Waals surface area contributed by atoms with Crippen molar-refractivity contribution >= 4 is 16.1 Å². The standard InChI is InChI=1S/C15H27N5O3S/c1-4-19-12-16-11-14(19)15(21)20-10-6-5-7-13(20)8-9-17-24(22,23)18(2)3/h11-13,17H,4-10H2,1-3H3. The molecule has 2 rings (SSSR count). The Balaban J connectivity index is 2.01. The second kappa shape index (κ2) is 8.09. The van der Waals surface area contributed by atoms with E-state index in [0.717, 1.165) is 23.6 Å². The zero-order valence-electron chi connectivity index (χ0n) is 14.6. The fourth-order valence-corrected chi connectivity index (χ4v) is 3.58. The largest absolute Gasteiger partial charge is 0.334 e. The van der Waals surface area contributed by atoms with Gasteiger partial charge in [-0.1, -0.05) is 0 Å². The Hall–Kier alpha value is -1.45. The predicted octanol–water partition coefficient (Wildman–Crippen LogP) is 0.684. The number of aryl methyl sites for hydroxylation is 1. The van der Waals surface area contributed by atoms with E-state index in [0.29, 0.717) is 31.7 Å². The number of hydrogen-bond donors (Lipinski definition) is 1. The minimum absolute atomic E-state index is 0.0190. The van der Waals surface area contributed by atoms with Crippen molar-refractivity contribution in [3.05, 3.63) is 18.2 Å².